The molecular formula is C27H18BrNO5. The minimum atomic E-state index is -2.06. The molecule has 34 heavy (non-hydrogen) atoms. The first-order valence-electron chi connectivity index (χ1n) is 10.9. The first-order chi connectivity index (χ1) is 16.3. The van der Waals surface area contributed by atoms with Crippen LogP contribution in [0.1, 0.15) is 37.9 Å². The number of halogens is 1. The number of hydrogen-bond acceptors (Lipinski definition) is 5. The third-order valence-electron chi connectivity index (χ3n) is 6.97. The van der Waals surface area contributed by atoms with Gasteiger partial charge in [0.25, 0.3) is 0 Å². The summed E-state index contributed by atoms with van der Waals surface area (Å²) in [5.74, 6) is -4.44. The molecule has 3 aromatic carbocycles. The fraction of sp³-hybridized carbons (Fsp3) is 0.185. The summed E-state index contributed by atoms with van der Waals surface area (Å²) in [4.78, 5) is 56.2. The molecule has 6 rings (SSSR count). The SMILES string of the molecule is Cc1cccc(C2OC3(C(=O)c4ccccc4C3=O)C3C(=O)N(c4ccc(Br)cc4)C(=O)C23)c1. The predicted octanol–water partition coefficient (Wildman–Crippen LogP) is 4.45. The third kappa shape index (κ3) is 2.65. The molecule has 1 spiro atoms. The number of ether oxygens (including phenoxy) is 1. The van der Waals surface area contributed by atoms with Crippen molar-refractivity contribution in [3.63, 3.8) is 0 Å². The van der Waals surface area contributed by atoms with Crippen LogP contribution >= 0.6 is 15.9 Å². The molecule has 2 aliphatic heterocycles. The van der Waals surface area contributed by atoms with Crippen molar-refractivity contribution in [1.82, 2.24) is 0 Å². The van der Waals surface area contributed by atoms with Crippen LogP contribution in [0.2, 0.25) is 0 Å². The van der Waals surface area contributed by atoms with Crippen molar-refractivity contribution in [2.45, 2.75) is 18.6 Å². The van der Waals surface area contributed by atoms with Crippen LogP contribution in [0.15, 0.2) is 77.3 Å². The Morgan fingerprint density at radius 2 is 1.47 bits per heavy atom. The van der Waals surface area contributed by atoms with Crippen LogP contribution in [-0.2, 0) is 14.3 Å². The van der Waals surface area contributed by atoms with Gasteiger partial charge < -0.3 is 4.74 Å². The lowest BCUT2D eigenvalue weighted by atomic mass is 9.77. The number of anilines is 1. The number of carbonyl (C=O) groups is 4. The Morgan fingerprint density at radius 1 is 0.824 bits per heavy atom. The van der Waals surface area contributed by atoms with Gasteiger partial charge in [-0.2, -0.15) is 0 Å². The summed E-state index contributed by atoms with van der Waals surface area (Å²) >= 11 is 3.36. The molecule has 1 aliphatic carbocycles. The van der Waals surface area contributed by atoms with Crippen LogP contribution in [0.25, 0.3) is 0 Å². The summed E-state index contributed by atoms with van der Waals surface area (Å²) in [5, 5.41) is 0. The molecule has 0 aromatic heterocycles. The number of ketones is 2. The first-order valence-corrected chi connectivity index (χ1v) is 11.7. The minimum absolute atomic E-state index is 0.221. The summed E-state index contributed by atoms with van der Waals surface area (Å²) in [6, 6.07) is 20.6. The maximum absolute atomic E-state index is 13.8. The number of hydrogen-bond donors (Lipinski definition) is 0. The van der Waals surface area contributed by atoms with E-state index < -0.39 is 46.9 Å². The number of aryl methyl sites for hydroxylation is 1. The summed E-state index contributed by atoms with van der Waals surface area (Å²) < 4.78 is 7.09. The highest BCUT2D eigenvalue weighted by Crippen LogP contribution is 2.57. The van der Waals surface area contributed by atoms with Crippen molar-refractivity contribution in [2.75, 3.05) is 4.90 Å². The second-order valence-corrected chi connectivity index (χ2v) is 9.80. The standard InChI is InChI=1S/C27H18BrNO5/c1-14-5-4-6-15(13-14)22-20-21(26(33)29(25(20)32)17-11-9-16(28)10-12-17)27(34-22)23(30)18-7-2-3-8-19(18)24(27)31/h2-13,20-22H,1H3. The molecule has 3 aromatic rings. The highest BCUT2D eigenvalue weighted by Gasteiger charge is 2.74. The van der Waals surface area contributed by atoms with E-state index in [4.69, 9.17) is 4.74 Å². The van der Waals surface area contributed by atoms with Gasteiger partial charge in [0, 0.05) is 15.6 Å². The van der Waals surface area contributed by atoms with E-state index >= 15 is 0 Å². The van der Waals surface area contributed by atoms with Gasteiger partial charge in [0.1, 0.15) is 0 Å². The molecule has 0 N–H and O–H groups in total. The molecule has 2 heterocycles. The molecule has 0 radical (unpaired) electrons. The smallest absolute Gasteiger partial charge is 0.241 e. The lowest BCUT2D eigenvalue weighted by Crippen LogP contribution is -2.51. The summed E-state index contributed by atoms with van der Waals surface area (Å²) in [6.07, 6.45) is -0.913. The lowest BCUT2D eigenvalue weighted by molar-refractivity contribution is -0.127. The molecule has 3 aliphatic rings. The van der Waals surface area contributed by atoms with Crippen molar-refractivity contribution in [3.8, 4) is 0 Å². The van der Waals surface area contributed by atoms with Crippen LogP contribution in [0.3, 0.4) is 0 Å². The van der Waals surface area contributed by atoms with Crippen LogP contribution in [-0.4, -0.2) is 29.0 Å². The van der Waals surface area contributed by atoms with Gasteiger partial charge in [0.2, 0.25) is 29.0 Å². The number of fused-ring (bicyclic) bond motifs is 3. The molecule has 0 bridgehead atoms. The molecule has 3 unspecified atom stereocenters. The molecule has 6 nitrogen and oxygen atoms in total. The number of rotatable bonds is 2. The van der Waals surface area contributed by atoms with E-state index in [1.54, 1.807) is 54.6 Å². The Kier molecular flexibility index (Phi) is 4.53. The molecule has 2 saturated heterocycles. The van der Waals surface area contributed by atoms with Gasteiger partial charge in [-0.15, -0.1) is 0 Å². The fourth-order valence-electron chi connectivity index (χ4n) is 5.51. The Morgan fingerprint density at radius 3 is 2.09 bits per heavy atom. The summed E-state index contributed by atoms with van der Waals surface area (Å²) in [7, 11) is 0. The number of amides is 2. The zero-order valence-corrected chi connectivity index (χ0v) is 19.6. The van der Waals surface area contributed by atoms with Crippen molar-refractivity contribution in [3.05, 3.63) is 99.5 Å². The Hall–Kier alpha value is -3.42. The van der Waals surface area contributed by atoms with Crippen LogP contribution in [0, 0.1) is 18.8 Å². The minimum Gasteiger partial charge on any atom is -0.349 e. The number of Topliss-reactive ketones (excluding diaryl/α,β-unsaturated/α-hetero) is 2. The largest absolute Gasteiger partial charge is 0.349 e. The van der Waals surface area contributed by atoms with Gasteiger partial charge in [0.05, 0.1) is 23.6 Å². The van der Waals surface area contributed by atoms with Crippen molar-refractivity contribution in [1.29, 1.82) is 0 Å². The van der Waals surface area contributed by atoms with Gasteiger partial charge in [-0.05, 0) is 36.8 Å². The molecule has 3 atom stereocenters. The second kappa shape index (κ2) is 7.29. The van der Waals surface area contributed by atoms with Gasteiger partial charge in [-0.25, -0.2) is 4.90 Å². The third-order valence-corrected chi connectivity index (χ3v) is 7.50. The van der Waals surface area contributed by atoms with E-state index in [1.165, 1.54) is 0 Å². The Labute approximate surface area is 203 Å². The molecule has 168 valence electrons. The monoisotopic (exact) mass is 515 g/mol. The van der Waals surface area contributed by atoms with E-state index in [0.717, 1.165) is 14.9 Å². The summed E-state index contributed by atoms with van der Waals surface area (Å²) in [5.41, 5.74) is 0.368. The average Bonchev–Trinajstić information content (AvgIpc) is 3.40. The molecule has 2 fully saturated rings. The van der Waals surface area contributed by atoms with E-state index in [9.17, 15) is 19.2 Å². The molecule has 0 saturated carbocycles. The van der Waals surface area contributed by atoms with Gasteiger partial charge >= 0.3 is 0 Å². The predicted molar refractivity (Wildman–Crippen MR) is 126 cm³/mol. The molecular weight excluding hydrogens is 498 g/mol. The lowest BCUT2D eigenvalue weighted by Gasteiger charge is -2.27. The van der Waals surface area contributed by atoms with Crippen molar-refractivity contribution in [2.24, 2.45) is 11.8 Å². The number of benzene rings is 3. The highest BCUT2D eigenvalue weighted by atomic mass is 79.9. The average molecular weight is 516 g/mol. The maximum Gasteiger partial charge on any atom is 0.241 e. The second-order valence-electron chi connectivity index (χ2n) is 8.88. The zero-order chi connectivity index (χ0) is 23.8. The quantitative estimate of drug-likeness (QED) is 0.372. The Balaban J connectivity index is 1.55. The van der Waals surface area contributed by atoms with Crippen LogP contribution in [0.5, 0.6) is 0 Å². The van der Waals surface area contributed by atoms with Gasteiger partial charge in [-0.3, -0.25) is 19.2 Å². The number of imide groups is 1. The number of nitrogens with zero attached hydrogens (tertiary/aromatic N) is 1. The molecule has 7 heteroatoms. The van der Waals surface area contributed by atoms with E-state index in [1.807, 2.05) is 25.1 Å². The normalized spacial score (nSPS) is 24.8. The van der Waals surface area contributed by atoms with E-state index in [2.05, 4.69) is 15.9 Å². The van der Waals surface area contributed by atoms with Crippen molar-refractivity contribution >= 4 is 45.0 Å². The van der Waals surface area contributed by atoms with E-state index in [-0.39, 0.29) is 11.1 Å². The fourth-order valence-corrected chi connectivity index (χ4v) is 5.77. The van der Waals surface area contributed by atoms with E-state index in [0.29, 0.717) is 11.3 Å². The zero-order valence-electron chi connectivity index (χ0n) is 18.0. The highest BCUT2D eigenvalue weighted by molar-refractivity contribution is 9.10. The van der Waals surface area contributed by atoms with Crippen LogP contribution < -0.4 is 4.90 Å². The van der Waals surface area contributed by atoms with Crippen molar-refractivity contribution < 1.29 is 23.9 Å². The Bertz CT molecular complexity index is 1380. The number of carbonyl (C=O) groups excluding carboxylic acids is 4. The van der Waals surface area contributed by atoms with Gasteiger partial charge in [-0.1, -0.05) is 70.0 Å². The van der Waals surface area contributed by atoms with Gasteiger partial charge in [0.15, 0.2) is 0 Å². The summed E-state index contributed by atoms with van der Waals surface area (Å²) in [6.45, 7) is 1.91. The topological polar surface area (TPSA) is 80.8 Å². The first kappa shape index (κ1) is 21.1. The maximum atomic E-state index is 13.8. The molecule has 2 amide bonds. The van der Waals surface area contributed by atoms with Crippen LogP contribution in [0.4, 0.5) is 5.69 Å².